The van der Waals surface area contributed by atoms with E-state index in [0.717, 1.165) is 6.42 Å². The number of nitrogens with two attached hydrogens (primary N) is 1. The van der Waals surface area contributed by atoms with Crippen molar-refractivity contribution in [2.75, 3.05) is 19.7 Å². The molecule has 0 heterocycles. The zero-order chi connectivity index (χ0) is 10.1. The number of rotatable bonds is 7. The van der Waals surface area contributed by atoms with Crippen LogP contribution >= 0.6 is 0 Å². The molecule has 0 aliphatic carbocycles. The van der Waals surface area contributed by atoms with Crippen LogP contribution in [0.4, 0.5) is 0 Å². The van der Waals surface area contributed by atoms with Crippen molar-refractivity contribution in [1.29, 1.82) is 0 Å². The Hall–Kier alpha value is -0.610. The summed E-state index contributed by atoms with van der Waals surface area (Å²) < 4.78 is 0. The van der Waals surface area contributed by atoms with E-state index in [4.69, 9.17) is 10.8 Å². The molecular weight excluding hydrogens is 168 g/mol. The Morgan fingerprint density at radius 1 is 1.62 bits per heavy atom. The lowest BCUT2D eigenvalue weighted by Crippen LogP contribution is -2.25. The largest absolute Gasteiger partial charge is 0.396 e. The number of hydrogen-bond donors (Lipinski definition) is 3. The molecule has 1 atom stereocenters. The van der Waals surface area contributed by atoms with E-state index >= 15 is 0 Å². The van der Waals surface area contributed by atoms with Crippen LogP contribution in [0.25, 0.3) is 0 Å². The van der Waals surface area contributed by atoms with E-state index in [1.807, 2.05) is 6.92 Å². The molecule has 1 unspecified atom stereocenters. The van der Waals surface area contributed by atoms with E-state index in [2.05, 4.69) is 5.32 Å². The SMILES string of the molecule is CC(CN)CCC(=O)NCCCO. The van der Waals surface area contributed by atoms with Gasteiger partial charge in [-0.2, -0.15) is 0 Å². The van der Waals surface area contributed by atoms with Gasteiger partial charge in [0.25, 0.3) is 0 Å². The summed E-state index contributed by atoms with van der Waals surface area (Å²) in [5.41, 5.74) is 5.42. The van der Waals surface area contributed by atoms with E-state index < -0.39 is 0 Å². The van der Waals surface area contributed by atoms with Gasteiger partial charge in [-0.1, -0.05) is 6.92 Å². The summed E-state index contributed by atoms with van der Waals surface area (Å²) in [6.07, 6.45) is 1.99. The van der Waals surface area contributed by atoms with E-state index in [1.165, 1.54) is 0 Å². The van der Waals surface area contributed by atoms with Crippen LogP contribution in [-0.4, -0.2) is 30.7 Å². The van der Waals surface area contributed by atoms with Gasteiger partial charge in [0.1, 0.15) is 0 Å². The fourth-order valence-electron chi connectivity index (χ4n) is 0.891. The van der Waals surface area contributed by atoms with Gasteiger partial charge in [0, 0.05) is 19.6 Å². The zero-order valence-corrected chi connectivity index (χ0v) is 8.25. The maximum atomic E-state index is 11.1. The Balaban J connectivity index is 3.30. The Morgan fingerprint density at radius 2 is 2.31 bits per heavy atom. The molecule has 1 amide bonds. The summed E-state index contributed by atoms with van der Waals surface area (Å²) >= 11 is 0. The van der Waals surface area contributed by atoms with Gasteiger partial charge in [0.2, 0.25) is 5.91 Å². The third-order valence-corrected chi connectivity index (χ3v) is 1.92. The number of hydrogen-bond acceptors (Lipinski definition) is 3. The Kier molecular flexibility index (Phi) is 7.63. The molecule has 0 rings (SSSR count). The van der Waals surface area contributed by atoms with E-state index in [9.17, 15) is 4.79 Å². The molecule has 0 saturated carbocycles. The van der Waals surface area contributed by atoms with Crippen LogP contribution in [0.2, 0.25) is 0 Å². The topological polar surface area (TPSA) is 75.4 Å². The minimum absolute atomic E-state index is 0.0498. The summed E-state index contributed by atoms with van der Waals surface area (Å²) in [7, 11) is 0. The van der Waals surface area contributed by atoms with Crippen molar-refractivity contribution in [1.82, 2.24) is 5.32 Å². The first-order valence-electron chi connectivity index (χ1n) is 4.78. The zero-order valence-electron chi connectivity index (χ0n) is 8.25. The average molecular weight is 188 g/mol. The fourth-order valence-corrected chi connectivity index (χ4v) is 0.891. The van der Waals surface area contributed by atoms with Crippen molar-refractivity contribution in [2.45, 2.75) is 26.2 Å². The number of carbonyl (C=O) groups excluding carboxylic acids is 1. The van der Waals surface area contributed by atoms with Crippen LogP contribution in [0.3, 0.4) is 0 Å². The van der Waals surface area contributed by atoms with Gasteiger partial charge in [-0.15, -0.1) is 0 Å². The molecule has 4 N–H and O–H groups in total. The summed E-state index contributed by atoms with van der Waals surface area (Å²) in [6, 6.07) is 0. The lowest BCUT2D eigenvalue weighted by molar-refractivity contribution is -0.121. The van der Waals surface area contributed by atoms with Crippen molar-refractivity contribution >= 4 is 5.91 Å². The van der Waals surface area contributed by atoms with Crippen molar-refractivity contribution in [3.8, 4) is 0 Å². The van der Waals surface area contributed by atoms with Crippen molar-refractivity contribution in [3.05, 3.63) is 0 Å². The number of carbonyl (C=O) groups is 1. The first-order chi connectivity index (χ1) is 6.20. The number of nitrogens with one attached hydrogen (secondary N) is 1. The standard InChI is InChI=1S/C9H20N2O2/c1-8(7-10)3-4-9(13)11-5-2-6-12/h8,12H,2-7,10H2,1H3,(H,11,13). The first-order valence-corrected chi connectivity index (χ1v) is 4.78. The quantitative estimate of drug-likeness (QED) is 0.487. The molecule has 0 aromatic rings. The Bertz CT molecular complexity index is 140. The molecule has 4 nitrogen and oxygen atoms in total. The predicted molar refractivity (Wildman–Crippen MR) is 52.2 cm³/mol. The van der Waals surface area contributed by atoms with Crippen LogP contribution in [0, 0.1) is 5.92 Å². The van der Waals surface area contributed by atoms with Gasteiger partial charge >= 0.3 is 0 Å². The summed E-state index contributed by atoms with van der Waals surface area (Å²) in [5, 5.41) is 11.2. The monoisotopic (exact) mass is 188 g/mol. The molecular formula is C9H20N2O2. The average Bonchev–Trinajstić information content (AvgIpc) is 2.14. The van der Waals surface area contributed by atoms with Gasteiger partial charge in [-0.05, 0) is 25.3 Å². The Morgan fingerprint density at radius 3 is 2.85 bits per heavy atom. The van der Waals surface area contributed by atoms with Crippen LogP contribution in [-0.2, 0) is 4.79 Å². The molecule has 4 heteroatoms. The molecule has 0 saturated heterocycles. The highest BCUT2D eigenvalue weighted by atomic mass is 16.3. The molecule has 0 fully saturated rings. The number of amides is 1. The van der Waals surface area contributed by atoms with Crippen LogP contribution in [0.15, 0.2) is 0 Å². The summed E-state index contributed by atoms with van der Waals surface area (Å²) in [5.74, 6) is 0.456. The third-order valence-electron chi connectivity index (χ3n) is 1.92. The summed E-state index contributed by atoms with van der Waals surface area (Å²) in [6.45, 7) is 3.34. The number of aliphatic hydroxyl groups is 1. The maximum Gasteiger partial charge on any atom is 0.220 e. The second-order valence-electron chi connectivity index (χ2n) is 3.31. The smallest absolute Gasteiger partial charge is 0.220 e. The second-order valence-corrected chi connectivity index (χ2v) is 3.31. The minimum atomic E-state index is 0.0498. The molecule has 78 valence electrons. The highest BCUT2D eigenvalue weighted by molar-refractivity contribution is 5.75. The van der Waals surface area contributed by atoms with Crippen molar-refractivity contribution in [3.63, 3.8) is 0 Å². The summed E-state index contributed by atoms with van der Waals surface area (Å²) in [4.78, 5) is 11.1. The van der Waals surface area contributed by atoms with Crippen molar-refractivity contribution < 1.29 is 9.90 Å². The first kappa shape index (κ1) is 12.4. The molecule has 0 radical (unpaired) electrons. The highest BCUT2D eigenvalue weighted by Crippen LogP contribution is 2.02. The molecule has 0 aromatic heterocycles. The van der Waals surface area contributed by atoms with Gasteiger partial charge in [-0.3, -0.25) is 4.79 Å². The van der Waals surface area contributed by atoms with Gasteiger partial charge < -0.3 is 16.2 Å². The van der Waals surface area contributed by atoms with Gasteiger partial charge in [0.15, 0.2) is 0 Å². The normalized spacial score (nSPS) is 12.5. The van der Waals surface area contributed by atoms with Gasteiger partial charge in [0.05, 0.1) is 0 Å². The second kappa shape index (κ2) is 8.01. The van der Waals surface area contributed by atoms with Crippen LogP contribution in [0.5, 0.6) is 0 Å². The number of aliphatic hydroxyl groups excluding tert-OH is 1. The predicted octanol–water partition coefficient (Wildman–Crippen LogP) is -0.140. The van der Waals surface area contributed by atoms with Crippen LogP contribution < -0.4 is 11.1 Å². The molecule has 13 heavy (non-hydrogen) atoms. The lowest BCUT2D eigenvalue weighted by Gasteiger charge is -2.07. The van der Waals surface area contributed by atoms with E-state index in [0.29, 0.717) is 31.8 Å². The molecule has 0 aromatic carbocycles. The minimum Gasteiger partial charge on any atom is -0.396 e. The third kappa shape index (κ3) is 7.74. The molecule has 0 aliphatic rings. The van der Waals surface area contributed by atoms with Gasteiger partial charge in [-0.25, -0.2) is 0 Å². The van der Waals surface area contributed by atoms with E-state index in [1.54, 1.807) is 0 Å². The Labute approximate surface area is 79.5 Å². The highest BCUT2D eigenvalue weighted by Gasteiger charge is 2.04. The molecule has 0 aliphatic heterocycles. The van der Waals surface area contributed by atoms with E-state index in [-0.39, 0.29) is 12.5 Å². The molecule has 0 bridgehead atoms. The molecule has 0 spiro atoms. The fraction of sp³-hybridized carbons (Fsp3) is 0.889. The maximum absolute atomic E-state index is 11.1. The lowest BCUT2D eigenvalue weighted by atomic mass is 10.1. The van der Waals surface area contributed by atoms with Crippen molar-refractivity contribution in [2.24, 2.45) is 11.7 Å². The van der Waals surface area contributed by atoms with Crippen LogP contribution in [0.1, 0.15) is 26.2 Å².